The van der Waals surface area contributed by atoms with Gasteiger partial charge in [-0.2, -0.15) is 0 Å². The van der Waals surface area contributed by atoms with Crippen molar-refractivity contribution in [3.8, 4) is 0 Å². The molecule has 0 aromatic carbocycles. The van der Waals surface area contributed by atoms with Gasteiger partial charge < -0.3 is 4.90 Å². The molecular formula is C20H32FN3O4S. The minimum absolute atomic E-state index is 0.242. The van der Waals surface area contributed by atoms with Crippen molar-refractivity contribution in [1.82, 2.24) is 14.5 Å². The SMILES string of the molecule is CN1C(=O)C2CC(S(=O)(=O)NC3(C)CC3)CCC2N(CC2CCC(F)CC2)C1=O. The predicted octanol–water partition coefficient (Wildman–Crippen LogP) is 2.42. The molecule has 4 rings (SSSR count). The Labute approximate surface area is 172 Å². The van der Waals surface area contributed by atoms with Crippen LogP contribution in [0.4, 0.5) is 9.18 Å². The topological polar surface area (TPSA) is 86.8 Å². The number of hydrogen-bond donors (Lipinski definition) is 1. The van der Waals surface area contributed by atoms with Gasteiger partial charge in [0, 0.05) is 25.2 Å². The van der Waals surface area contributed by atoms with Gasteiger partial charge in [0.05, 0.1) is 11.2 Å². The van der Waals surface area contributed by atoms with Crippen LogP contribution in [0, 0.1) is 11.8 Å². The van der Waals surface area contributed by atoms with E-state index in [4.69, 9.17) is 0 Å². The number of nitrogens with zero attached hydrogens (tertiary/aromatic N) is 2. The van der Waals surface area contributed by atoms with Crippen molar-refractivity contribution in [2.75, 3.05) is 13.6 Å². The van der Waals surface area contributed by atoms with Crippen molar-refractivity contribution in [3.63, 3.8) is 0 Å². The molecule has 1 saturated heterocycles. The second kappa shape index (κ2) is 7.48. The maximum atomic E-state index is 13.5. The van der Waals surface area contributed by atoms with E-state index in [0.717, 1.165) is 30.6 Å². The van der Waals surface area contributed by atoms with Crippen LogP contribution in [0.1, 0.15) is 64.7 Å². The minimum atomic E-state index is -3.50. The van der Waals surface area contributed by atoms with Gasteiger partial charge in [-0.15, -0.1) is 0 Å². The van der Waals surface area contributed by atoms with Crippen molar-refractivity contribution in [2.24, 2.45) is 11.8 Å². The third kappa shape index (κ3) is 4.17. The van der Waals surface area contributed by atoms with Crippen LogP contribution < -0.4 is 4.72 Å². The molecule has 3 atom stereocenters. The molecule has 0 aromatic rings. The van der Waals surface area contributed by atoms with Gasteiger partial charge in [0.25, 0.3) is 0 Å². The van der Waals surface area contributed by atoms with E-state index in [0.29, 0.717) is 32.2 Å². The standard InChI is InChI=1S/C20H32FN3O4S/c1-20(9-10-20)22-29(27,28)15-7-8-17-16(11-15)18(25)23(2)19(26)24(17)12-13-3-5-14(21)6-4-13/h13-17,22H,3-12H2,1-2H3. The zero-order chi connectivity index (χ0) is 21.0. The molecule has 3 unspecified atom stereocenters. The molecule has 0 spiro atoms. The summed E-state index contributed by atoms with van der Waals surface area (Å²) in [6, 6.07) is -0.555. The monoisotopic (exact) mass is 429 g/mol. The highest BCUT2D eigenvalue weighted by Gasteiger charge is 2.51. The zero-order valence-corrected chi connectivity index (χ0v) is 18.1. The smallest absolute Gasteiger partial charge is 0.320 e. The maximum absolute atomic E-state index is 13.5. The van der Waals surface area contributed by atoms with Crippen LogP contribution in [0.5, 0.6) is 0 Å². The summed E-state index contributed by atoms with van der Waals surface area (Å²) >= 11 is 0. The lowest BCUT2D eigenvalue weighted by Crippen LogP contribution is -2.63. The molecule has 1 heterocycles. The fourth-order valence-corrected chi connectivity index (χ4v) is 7.19. The number of alkyl halides is 1. The first kappa shape index (κ1) is 21.0. The first-order chi connectivity index (χ1) is 13.6. The molecule has 0 radical (unpaired) electrons. The summed E-state index contributed by atoms with van der Waals surface area (Å²) in [4.78, 5) is 28.6. The highest BCUT2D eigenvalue weighted by atomic mass is 32.2. The lowest BCUT2D eigenvalue weighted by atomic mass is 9.79. The molecule has 0 aromatic heterocycles. The summed E-state index contributed by atoms with van der Waals surface area (Å²) in [5.74, 6) is -0.523. The molecule has 4 aliphatic rings. The van der Waals surface area contributed by atoms with Crippen LogP contribution in [0.25, 0.3) is 0 Å². The average Bonchev–Trinajstić information content (AvgIpc) is 3.40. The van der Waals surface area contributed by atoms with E-state index in [1.807, 2.05) is 6.92 Å². The van der Waals surface area contributed by atoms with Crippen molar-refractivity contribution >= 4 is 22.0 Å². The molecular weight excluding hydrogens is 397 g/mol. The van der Waals surface area contributed by atoms with Crippen LogP contribution in [0.15, 0.2) is 0 Å². The first-order valence-corrected chi connectivity index (χ1v) is 12.4. The van der Waals surface area contributed by atoms with E-state index < -0.39 is 27.4 Å². The normalized spacial score (nSPS) is 37.4. The Hall–Kier alpha value is -1.22. The van der Waals surface area contributed by atoms with Gasteiger partial charge >= 0.3 is 6.03 Å². The quantitative estimate of drug-likeness (QED) is 0.727. The second-order valence-corrected chi connectivity index (χ2v) is 11.7. The number of sulfonamides is 1. The molecule has 3 amide bonds. The Morgan fingerprint density at radius 3 is 2.38 bits per heavy atom. The molecule has 4 fully saturated rings. The number of halogens is 1. The van der Waals surface area contributed by atoms with Gasteiger partial charge in [-0.05, 0) is 70.6 Å². The third-order valence-corrected chi connectivity index (χ3v) is 9.49. The van der Waals surface area contributed by atoms with Gasteiger partial charge in [-0.1, -0.05) is 0 Å². The molecule has 7 nitrogen and oxygen atoms in total. The van der Waals surface area contributed by atoms with Crippen LogP contribution in [0.3, 0.4) is 0 Å². The molecule has 1 aliphatic heterocycles. The summed E-state index contributed by atoms with van der Waals surface area (Å²) in [5, 5.41) is -0.601. The van der Waals surface area contributed by atoms with Gasteiger partial charge in [-0.3, -0.25) is 9.69 Å². The van der Waals surface area contributed by atoms with Gasteiger partial charge in [0.15, 0.2) is 0 Å². The summed E-state index contributed by atoms with van der Waals surface area (Å²) in [7, 11) is -2.02. The highest BCUT2D eigenvalue weighted by molar-refractivity contribution is 7.90. The van der Waals surface area contributed by atoms with Crippen LogP contribution in [-0.4, -0.2) is 66.8 Å². The Balaban J connectivity index is 1.48. The van der Waals surface area contributed by atoms with Gasteiger partial charge in [0.2, 0.25) is 15.9 Å². The lowest BCUT2D eigenvalue weighted by molar-refractivity contribution is -0.139. The van der Waals surface area contributed by atoms with Crippen LogP contribution in [0.2, 0.25) is 0 Å². The number of nitrogens with one attached hydrogen (secondary N) is 1. The lowest BCUT2D eigenvalue weighted by Gasteiger charge is -2.48. The molecule has 3 saturated carbocycles. The maximum Gasteiger partial charge on any atom is 0.326 e. The number of hydrogen-bond acceptors (Lipinski definition) is 4. The summed E-state index contributed by atoms with van der Waals surface area (Å²) in [5.41, 5.74) is -0.333. The number of rotatable bonds is 5. The average molecular weight is 430 g/mol. The molecule has 1 N–H and O–H groups in total. The molecule has 164 valence electrons. The van der Waals surface area contributed by atoms with Crippen LogP contribution >= 0.6 is 0 Å². The summed E-state index contributed by atoms with van der Waals surface area (Å²) < 4.78 is 42.0. The second-order valence-electron chi connectivity index (χ2n) is 9.77. The zero-order valence-electron chi connectivity index (χ0n) is 17.3. The molecule has 9 heteroatoms. The van der Waals surface area contributed by atoms with E-state index >= 15 is 0 Å². The molecule has 29 heavy (non-hydrogen) atoms. The Kier molecular flexibility index (Phi) is 5.42. The summed E-state index contributed by atoms with van der Waals surface area (Å²) in [6.07, 6.45) is 4.70. The fraction of sp³-hybridized carbons (Fsp3) is 0.900. The predicted molar refractivity (Wildman–Crippen MR) is 106 cm³/mol. The first-order valence-electron chi connectivity index (χ1n) is 10.8. The van der Waals surface area contributed by atoms with E-state index in [2.05, 4.69) is 4.72 Å². The number of urea groups is 1. The fourth-order valence-electron chi connectivity index (χ4n) is 5.23. The van der Waals surface area contributed by atoms with E-state index in [1.165, 1.54) is 7.05 Å². The number of imide groups is 1. The third-order valence-electron chi connectivity index (χ3n) is 7.41. The number of carbonyl (C=O) groups excluding carboxylic acids is 2. The van der Waals surface area contributed by atoms with Crippen molar-refractivity contribution in [1.29, 1.82) is 0 Å². The van der Waals surface area contributed by atoms with E-state index in [-0.39, 0.29) is 35.9 Å². The number of amides is 3. The largest absolute Gasteiger partial charge is 0.326 e. The minimum Gasteiger partial charge on any atom is -0.320 e. The molecule has 3 aliphatic carbocycles. The van der Waals surface area contributed by atoms with Crippen molar-refractivity contribution < 1.29 is 22.4 Å². The van der Waals surface area contributed by atoms with E-state index in [1.54, 1.807) is 4.90 Å². The molecule has 0 bridgehead atoms. The van der Waals surface area contributed by atoms with Crippen molar-refractivity contribution in [2.45, 2.75) is 87.7 Å². The Bertz CT molecular complexity index is 777. The van der Waals surface area contributed by atoms with Gasteiger partial charge in [0.1, 0.15) is 6.17 Å². The van der Waals surface area contributed by atoms with Gasteiger partial charge in [-0.25, -0.2) is 22.3 Å². The van der Waals surface area contributed by atoms with Crippen molar-refractivity contribution in [3.05, 3.63) is 0 Å². The Morgan fingerprint density at radius 1 is 1.10 bits per heavy atom. The van der Waals surface area contributed by atoms with E-state index in [9.17, 15) is 22.4 Å². The van der Waals surface area contributed by atoms with Crippen LogP contribution in [-0.2, 0) is 14.8 Å². The summed E-state index contributed by atoms with van der Waals surface area (Å²) in [6.45, 7) is 2.43. The number of fused-ring (bicyclic) bond motifs is 1. The Morgan fingerprint density at radius 2 is 1.76 bits per heavy atom. The highest BCUT2D eigenvalue weighted by Crippen LogP contribution is 2.40. The number of carbonyl (C=O) groups is 2.